The molecule has 154 valence electrons. The Hall–Kier alpha value is -2.73. The summed E-state index contributed by atoms with van der Waals surface area (Å²) < 4.78 is 5.72. The Morgan fingerprint density at radius 3 is 2.03 bits per heavy atom. The Bertz CT molecular complexity index is 845. The van der Waals surface area contributed by atoms with Crippen molar-refractivity contribution in [1.82, 2.24) is 9.80 Å². The molecule has 29 heavy (non-hydrogen) atoms. The summed E-state index contributed by atoms with van der Waals surface area (Å²) in [4.78, 5) is 30.9. The summed E-state index contributed by atoms with van der Waals surface area (Å²) in [6.07, 6.45) is -0.600. The van der Waals surface area contributed by atoms with Crippen LogP contribution in [0.3, 0.4) is 0 Å². The quantitative estimate of drug-likeness (QED) is 0.752. The van der Waals surface area contributed by atoms with Crippen LogP contribution in [0.5, 0.6) is 5.75 Å². The third-order valence-electron chi connectivity index (χ3n) is 4.98. The predicted octanol–water partition coefficient (Wildman–Crippen LogP) is 3.16. The minimum atomic E-state index is -0.600. The van der Waals surface area contributed by atoms with Crippen LogP contribution in [0.2, 0.25) is 5.02 Å². The van der Waals surface area contributed by atoms with E-state index in [1.54, 1.807) is 41.0 Å². The van der Waals surface area contributed by atoms with Gasteiger partial charge in [-0.3, -0.25) is 9.59 Å². The molecule has 6 nitrogen and oxygen atoms in total. The van der Waals surface area contributed by atoms with Gasteiger partial charge in [0.2, 0.25) is 0 Å². The standard InChI is InChI=1S/C22H26ClN3O3/c1-16(29-20-10-6-18(23)7-11-20)21(27)25-12-14-26(15-13-25)22(28)17-4-8-19(9-5-17)24(2)3/h4-11,16H,12-15H2,1-3H3. The number of halogens is 1. The van der Waals surface area contributed by atoms with Gasteiger partial charge in [-0.15, -0.1) is 0 Å². The molecule has 0 saturated carbocycles. The van der Waals surface area contributed by atoms with Crippen LogP contribution in [0, 0.1) is 0 Å². The fraction of sp³-hybridized carbons (Fsp3) is 0.364. The fourth-order valence-corrected chi connectivity index (χ4v) is 3.37. The molecule has 0 radical (unpaired) electrons. The van der Waals surface area contributed by atoms with Crippen LogP contribution in [-0.4, -0.2) is 68.0 Å². The number of nitrogens with zero attached hydrogens (tertiary/aromatic N) is 3. The summed E-state index contributed by atoms with van der Waals surface area (Å²) in [7, 11) is 3.93. The number of amides is 2. The molecule has 0 aliphatic carbocycles. The van der Waals surface area contributed by atoms with Crippen LogP contribution >= 0.6 is 11.6 Å². The van der Waals surface area contributed by atoms with Crippen molar-refractivity contribution in [2.45, 2.75) is 13.0 Å². The molecular weight excluding hydrogens is 390 g/mol. The second kappa shape index (κ2) is 9.18. The van der Waals surface area contributed by atoms with Crippen LogP contribution in [0.15, 0.2) is 48.5 Å². The van der Waals surface area contributed by atoms with Gasteiger partial charge in [0.05, 0.1) is 0 Å². The molecule has 1 aliphatic rings. The third-order valence-corrected chi connectivity index (χ3v) is 5.24. The largest absolute Gasteiger partial charge is 0.481 e. The Kier molecular flexibility index (Phi) is 6.64. The molecule has 3 rings (SSSR count). The van der Waals surface area contributed by atoms with Gasteiger partial charge < -0.3 is 19.4 Å². The molecule has 2 amide bonds. The molecule has 0 aromatic heterocycles. The third kappa shape index (κ3) is 5.21. The molecule has 1 saturated heterocycles. The number of carbonyl (C=O) groups excluding carboxylic acids is 2. The Balaban J connectivity index is 1.53. The van der Waals surface area contributed by atoms with E-state index in [2.05, 4.69) is 0 Å². The topological polar surface area (TPSA) is 53.1 Å². The summed E-state index contributed by atoms with van der Waals surface area (Å²) in [5.74, 6) is 0.514. The van der Waals surface area contributed by atoms with Crippen molar-refractivity contribution in [2.24, 2.45) is 0 Å². The Morgan fingerprint density at radius 1 is 0.931 bits per heavy atom. The monoisotopic (exact) mass is 415 g/mol. The van der Waals surface area contributed by atoms with E-state index < -0.39 is 6.10 Å². The smallest absolute Gasteiger partial charge is 0.263 e. The van der Waals surface area contributed by atoms with Gasteiger partial charge in [0.15, 0.2) is 6.10 Å². The lowest BCUT2D eigenvalue weighted by atomic mass is 10.1. The lowest BCUT2D eigenvalue weighted by molar-refractivity contribution is -0.139. The first-order valence-electron chi connectivity index (χ1n) is 9.63. The van der Waals surface area contributed by atoms with Crippen LogP contribution in [0.25, 0.3) is 0 Å². The summed E-state index contributed by atoms with van der Waals surface area (Å²) in [6, 6.07) is 14.5. The Morgan fingerprint density at radius 2 is 1.48 bits per heavy atom. The summed E-state index contributed by atoms with van der Waals surface area (Å²) in [6.45, 7) is 3.74. The van der Waals surface area contributed by atoms with Gasteiger partial charge in [-0.25, -0.2) is 0 Å². The van der Waals surface area contributed by atoms with E-state index in [1.165, 1.54) is 0 Å². The van der Waals surface area contributed by atoms with Crippen molar-refractivity contribution in [3.05, 3.63) is 59.1 Å². The summed E-state index contributed by atoms with van der Waals surface area (Å²) >= 11 is 5.87. The minimum absolute atomic E-state index is 0.00660. The van der Waals surface area contributed by atoms with Gasteiger partial charge in [-0.2, -0.15) is 0 Å². The van der Waals surface area contributed by atoms with E-state index >= 15 is 0 Å². The second-order valence-electron chi connectivity index (χ2n) is 7.27. The highest BCUT2D eigenvalue weighted by molar-refractivity contribution is 6.30. The van der Waals surface area contributed by atoms with Gasteiger partial charge in [-0.05, 0) is 55.5 Å². The first kappa shape index (κ1) is 21.0. The summed E-state index contributed by atoms with van der Waals surface area (Å²) in [5, 5.41) is 0.619. The molecule has 1 atom stereocenters. The van der Waals surface area contributed by atoms with E-state index in [0.717, 1.165) is 5.69 Å². The number of rotatable bonds is 5. The van der Waals surface area contributed by atoms with Crippen LogP contribution < -0.4 is 9.64 Å². The number of ether oxygens (including phenoxy) is 1. The zero-order valence-corrected chi connectivity index (χ0v) is 17.7. The maximum atomic E-state index is 12.7. The zero-order chi connectivity index (χ0) is 21.0. The first-order chi connectivity index (χ1) is 13.8. The lowest BCUT2D eigenvalue weighted by Gasteiger charge is -2.36. The van der Waals surface area contributed by atoms with Crippen molar-refractivity contribution in [3.8, 4) is 5.75 Å². The van der Waals surface area contributed by atoms with E-state index in [0.29, 0.717) is 42.5 Å². The van der Waals surface area contributed by atoms with Crippen LogP contribution in [0.4, 0.5) is 5.69 Å². The molecule has 1 aliphatic heterocycles. The molecule has 1 unspecified atom stereocenters. The van der Waals surface area contributed by atoms with Gasteiger partial charge in [0.1, 0.15) is 5.75 Å². The number of carbonyl (C=O) groups is 2. The molecule has 1 heterocycles. The van der Waals surface area contributed by atoms with E-state index in [1.807, 2.05) is 43.3 Å². The Labute approximate surface area is 176 Å². The molecule has 2 aromatic carbocycles. The van der Waals surface area contributed by atoms with Crippen LogP contribution in [-0.2, 0) is 4.79 Å². The average Bonchev–Trinajstić information content (AvgIpc) is 2.74. The van der Waals surface area contributed by atoms with E-state index in [-0.39, 0.29) is 11.8 Å². The molecule has 0 bridgehead atoms. The maximum absolute atomic E-state index is 12.7. The average molecular weight is 416 g/mol. The molecule has 7 heteroatoms. The predicted molar refractivity (Wildman–Crippen MR) is 115 cm³/mol. The van der Waals surface area contributed by atoms with Crippen molar-refractivity contribution in [2.75, 3.05) is 45.2 Å². The number of benzene rings is 2. The van der Waals surface area contributed by atoms with Crippen molar-refractivity contribution >= 4 is 29.1 Å². The van der Waals surface area contributed by atoms with Crippen LogP contribution in [0.1, 0.15) is 17.3 Å². The first-order valence-corrected chi connectivity index (χ1v) is 10.0. The molecule has 1 fully saturated rings. The molecule has 0 N–H and O–H groups in total. The van der Waals surface area contributed by atoms with E-state index in [4.69, 9.17) is 16.3 Å². The van der Waals surface area contributed by atoms with E-state index in [9.17, 15) is 9.59 Å². The minimum Gasteiger partial charge on any atom is -0.481 e. The zero-order valence-electron chi connectivity index (χ0n) is 17.0. The van der Waals surface area contributed by atoms with Crippen molar-refractivity contribution in [3.63, 3.8) is 0 Å². The highest BCUT2D eigenvalue weighted by Gasteiger charge is 2.28. The normalized spacial score (nSPS) is 15.0. The van der Waals surface area contributed by atoms with Gasteiger partial charge in [0, 0.05) is 56.5 Å². The van der Waals surface area contributed by atoms with Gasteiger partial charge in [0.25, 0.3) is 11.8 Å². The highest BCUT2D eigenvalue weighted by atomic mass is 35.5. The highest BCUT2D eigenvalue weighted by Crippen LogP contribution is 2.18. The van der Waals surface area contributed by atoms with Crippen molar-refractivity contribution < 1.29 is 14.3 Å². The number of anilines is 1. The lowest BCUT2D eigenvalue weighted by Crippen LogP contribution is -2.53. The number of piperazine rings is 1. The second-order valence-corrected chi connectivity index (χ2v) is 7.71. The molecule has 2 aromatic rings. The van der Waals surface area contributed by atoms with Gasteiger partial charge in [-0.1, -0.05) is 11.6 Å². The molecular formula is C22H26ClN3O3. The number of hydrogen-bond donors (Lipinski definition) is 0. The van der Waals surface area contributed by atoms with Gasteiger partial charge >= 0.3 is 0 Å². The van der Waals surface area contributed by atoms with Crippen molar-refractivity contribution in [1.29, 1.82) is 0 Å². The molecule has 0 spiro atoms. The SMILES string of the molecule is CC(Oc1ccc(Cl)cc1)C(=O)N1CCN(C(=O)c2ccc(N(C)C)cc2)CC1. The number of hydrogen-bond acceptors (Lipinski definition) is 4. The maximum Gasteiger partial charge on any atom is 0.263 e. The fourth-order valence-electron chi connectivity index (χ4n) is 3.24. The summed E-state index contributed by atoms with van der Waals surface area (Å²) in [5.41, 5.74) is 1.71.